The summed E-state index contributed by atoms with van der Waals surface area (Å²) in [5.74, 6) is 1.45. The molecule has 22 heavy (non-hydrogen) atoms. The molecule has 0 aromatic heterocycles. The molecule has 1 heterocycles. The predicted molar refractivity (Wildman–Crippen MR) is 96.9 cm³/mol. The first-order valence-corrected chi connectivity index (χ1v) is 8.32. The third kappa shape index (κ3) is 6.61. The minimum Gasteiger partial charge on any atom is -0.355 e. The number of halogens is 2. The highest BCUT2D eigenvalue weighted by atomic mass is 35.5. The average Bonchev–Trinajstić information content (AvgIpc) is 2.82. The van der Waals surface area contributed by atoms with Crippen LogP contribution in [0, 0.1) is 11.8 Å². The molecule has 3 N–H and O–H groups in total. The summed E-state index contributed by atoms with van der Waals surface area (Å²) in [4.78, 5) is 14.5. The van der Waals surface area contributed by atoms with Crippen LogP contribution in [0.2, 0.25) is 0 Å². The van der Waals surface area contributed by atoms with Gasteiger partial charge in [-0.1, -0.05) is 13.3 Å². The largest absolute Gasteiger partial charge is 0.355 e. The maximum absolute atomic E-state index is 12.0. The molecule has 1 amide bonds. The van der Waals surface area contributed by atoms with Crippen LogP contribution in [0.3, 0.4) is 0 Å². The Kier molecular flexibility index (Phi) is 10.7. The smallest absolute Gasteiger partial charge is 0.220 e. The lowest BCUT2D eigenvalue weighted by Crippen LogP contribution is -2.46. The number of rotatable bonds is 5. The van der Waals surface area contributed by atoms with E-state index in [2.05, 4.69) is 24.1 Å². The Morgan fingerprint density at radius 2 is 1.86 bits per heavy atom. The highest BCUT2D eigenvalue weighted by Gasteiger charge is 2.26. The standard InChI is InChI=1S/C16H31N3O.2ClH/c1-12-6-8-19(9-7-12)13(2)11-18-16(20)10-14-4-3-5-15(14)17;;/h12-15H,3-11,17H2,1-2H3,(H,18,20);2*1H/t13?,14-,15+;;/m0../s1. The number of piperidine rings is 1. The molecule has 0 aromatic carbocycles. The Morgan fingerprint density at radius 3 is 2.41 bits per heavy atom. The van der Waals surface area contributed by atoms with E-state index < -0.39 is 0 Å². The molecule has 2 aliphatic rings. The van der Waals surface area contributed by atoms with Gasteiger partial charge in [0.2, 0.25) is 5.91 Å². The number of hydrogen-bond acceptors (Lipinski definition) is 3. The van der Waals surface area contributed by atoms with Crippen molar-refractivity contribution in [3.8, 4) is 0 Å². The lowest BCUT2D eigenvalue weighted by Gasteiger charge is -2.35. The molecule has 0 spiro atoms. The molecule has 1 aliphatic carbocycles. The van der Waals surface area contributed by atoms with Gasteiger partial charge in [-0.2, -0.15) is 0 Å². The molecule has 6 heteroatoms. The zero-order valence-corrected chi connectivity index (χ0v) is 15.6. The second kappa shape index (κ2) is 10.7. The number of likely N-dealkylation sites (tertiary alicyclic amines) is 1. The van der Waals surface area contributed by atoms with Gasteiger partial charge < -0.3 is 11.1 Å². The molecule has 1 saturated heterocycles. The molecule has 2 fully saturated rings. The number of nitrogens with one attached hydrogen (secondary N) is 1. The average molecular weight is 354 g/mol. The van der Waals surface area contributed by atoms with Crippen LogP contribution in [0.25, 0.3) is 0 Å². The van der Waals surface area contributed by atoms with Crippen molar-refractivity contribution in [3.63, 3.8) is 0 Å². The molecule has 0 aromatic rings. The quantitative estimate of drug-likeness (QED) is 0.798. The van der Waals surface area contributed by atoms with Crippen molar-refractivity contribution < 1.29 is 4.79 Å². The third-order valence-corrected chi connectivity index (χ3v) is 5.20. The van der Waals surface area contributed by atoms with Crippen molar-refractivity contribution in [1.82, 2.24) is 10.2 Å². The van der Waals surface area contributed by atoms with E-state index in [0.29, 0.717) is 18.4 Å². The van der Waals surface area contributed by atoms with E-state index in [0.717, 1.165) is 25.3 Å². The van der Waals surface area contributed by atoms with E-state index in [1.807, 2.05) is 0 Å². The minimum absolute atomic E-state index is 0. The van der Waals surface area contributed by atoms with E-state index in [9.17, 15) is 4.79 Å². The van der Waals surface area contributed by atoms with Crippen molar-refractivity contribution >= 4 is 30.7 Å². The van der Waals surface area contributed by atoms with E-state index in [4.69, 9.17) is 5.73 Å². The van der Waals surface area contributed by atoms with Gasteiger partial charge in [0.25, 0.3) is 0 Å². The van der Waals surface area contributed by atoms with Gasteiger partial charge in [0.05, 0.1) is 0 Å². The van der Waals surface area contributed by atoms with Gasteiger partial charge in [-0.3, -0.25) is 9.69 Å². The number of nitrogens with two attached hydrogens (primary N) is 1. The first kappa shape index (κ1) is 22.0. The van der Waals surface area contributed by atoms with Crippen molar-refractivity contribution in [2.75, 3.05) is 19.6 Å². The van der Waals surface area contributed by atoms with Gasteiger partial charge in [0, 0.05) is 25.0 Å². The molecule has 0 bridgehead atoms. The van der Waals surface area contributed by atoms with E-state index in [1.165, 1.54) is 32.4 Å². The van der Waals surface area contributed by atoms with Crippen LogP contribution in [0.4, 0.5) is 0 Å². The van der Waals surface area contributed by atoms with Gasteiger partial charge in [0.1, 0.15) is 0 Å². The highest BCUT2D eigenvalue weighted by molar-refractivity contribution is 5.85. The fraction of sp³-hybridized carbons (Fsp3) is 0.938. The molecule has 1 aliphatic heterocycles. The summed E-state index contributed by atoms with van der Waals surface area (Å²) < 4.78 is 0. The van der Waals surface area contributed by atoms with Crippen molar-refractivity contribution in [2.24, 2.45) is 17.6 Å². The first-order valence-electron chi connectivity index (χ1n) is 8.32. The summed E-state index contributed by atoms with van der Waals surface area (Å²) in [6, 6.07) is 0.686. The second-order valence-corrected chi connectivity index (χ2v) is 6.93. The number of nitrogens with zero attached hydrogens (tertiary/aromatic N) is 1. The fourth-order valence-corrected chi connectivity index (χ4v) is 3.49. The maximum atomic E-state index is 12.0. The van der Waals surface area contributed by atoms with E-state index in [1.54, 1.807) is 0 Å². The van der Waals surface area contributed by atoms with Crippen molar-refractivity contribution in [2.45, 2.75) is 64.5 Å². The number of hydrogen-bond donors (Lipinski definition) is 2. The van der Waals surface area contributed by atoms with Crippen LogP contribution in [-0.4, -0.2) is 42.5 Å². The Morgan fingerprint density at radius 1 is 1.23 bits per heavy atom. The SMILES string of the molecule is CC1CCN(C(C)CNC(=O)C[C@@H]2CCC[C@H]2N)CC1.Cl.Cl. The van der Waals surface area contributed by atoms with Crippen molar-refractivity contribution in [1.29, 1.82) is 0 Å². The Hall–Kier alpha value is -0.0300. The molecule has 132 valence electrons. The summed E-state index contributed by atoms with van der Waals surface area (Å²) in [6.45, 7) is 7.67. The first-order chi connectivity index (χ1) is 9.56. The highest BCUT2D eigenvalue weighted by Crippen LogP contribution is 2.26. The van der Waals surface area contributed by atoms with E-state index in [-0.39, 0.29) is 36.8 Å². The Bertz CT molecular complexity index is 323. The molecule has 4 nitrogen and oxygen atoms in total. The zero-order valence-electron chi connectivity index (χ0n) is 13.9. The monoisotopic (exact) mass is 353 g/mol. The topological polar surface area (TPSA) is 58.4 Å². The van der Waals surface area contributed by atoms with Gasteiger partial charge in [-0.05, 0) is 57.5 Å². The minimum atomic E-state index is 0. The molecular weight excluding hydrogens is 321 g/mol. The Labute approximate surface area is 147 Å². The number of carbonyl (C=O) groups excluding carboxylic acids is 1. The molecule has 2 rings (SSSR count). The van der Waals surface area contributed by atoms with Gasteiger partial charge in [-0.15, -0.1) is 24.8 Å². The Balaban J connectivity index is 0.00000220. The molecule has 1 saturated carbocycles. The molecule has 3 atom stereocenters. The number of carbonyl (C=O) groups is 1. The number of amides is 1. The molecular formula is C16H33Cl2N3O. The van der Waals surface area contributed by atoms with Crippen LogP contribution in [-0.2, 0) is 4.79 Å². The van der Waals surface area contributed by atoms with Gasteiger partial charge >= 0.3 is 0 Å². The molecule has 0 radical (unpaired) electrons. The third-order valence-electron chi connectivity index (χ3n) is 5.20. The van der Waals surface area contributed by atoms with Crippen LogP contribution >= 0.6 is 24.8 Å². The maximum Gasteiger partial charge on any atom is 0.220 e. The normalized spacial score (nSPS) is 27.6. The summed E-state index contributed by atoms with van der Waals surface area (Å²) >= 11 is 0. The van der Waals surface area contributed by atoms with Crippen LogP contribution < -0.4 is 11.1 Å². The second-order valence-electron chi connectivity index (χ2n) is 6.93. The van der Waals surface area contributed by atoms with E-state index >= 15 is 0 Å². The summed E-state index contributed by atoms with van der Waals surface area (Å²) in [5.41, 5.74) is 6.02. The summed E-state index contributed by atoms with van der Waals surface area (Å²) in [6.07, 6.45) is 6.57. The lowest BCUT2D eigenvalue weighted by atomic mass is 9.98. The van der Waals surface area contributed by atoms with Gasteiger partial charge in [0.15, 0.2) is 0 Å². The van der Waals surface area contributed by atoms with Crippen LogP contribution in [0.1, 0.15) is 52.4 Å². The lowest BCUT2D eigenvalue weighted by molar-refractivity contribution is -0.122. The zero-order chi connectivity index (χ0) is 14.5. The van der Waals surface area contributed by atoms with Gasteiger partial charge in [-0.25, -0.2) is 0 Å². The summed E-state index contributed by atoms with van der Waals surface area (Å²) in [5, 5.41) is 3.10. The molecule has 1 unspecified atom stereocenters. The van der Waals surface area contributed by atoms with Crippen molar-refractivity contribution in [3.05, 3.63) is 0 Å². The van der Waals surface area contributed by atoms with Crippen LogP contribution in [0.15, 0.2) is 0 Å². The summed E-state index contributed by atoms with van der Waals surface area (Å²) in [7, 11) is 0. The van der Waals surface area contributed by atoms with Crippen LogP contribution in [0.5, 0.6) is 0 Å². The fourth-order valence-electron chi connectivity index (χ4n) is 3.49. The predicted octanol–water partition coefficient (Wildman–Crippen LogP) is 2.58.